The monoisotopic (exact) mass is 219 g/mol. The van der Waals surface area contributed by atoms with E-state index in [4.69, 9.17) is 16.3 Å². The van der Waals surface area contributed by atoms with Crippen molar-refractivity contribution < 1.29 is 9.53 Å². The van der Waals surface area contributed by atoms with E-state index in [2.05, 4.69) is 5.32 Å². The zero-order valence-corrected chi connectivity index (χ0v) is 9.67. The van der Waals surface area contributed by atoms with Crippen LogP contribution in [0.25, 0.3) is 0 Å². The molecule has 1 amide bonds. The molecule has 0 aromatic heterocycles. The summed E-state index contributed by atoms with van der Waals surface area (Å²) in [5.41, 5.74) is 0. The molecule has 1 aliphatic heterocycles. The Balaban J connectivity index is 2.35. The summed E-state index contributed by atoms with van der Waals surface area (Å²) < 4.78 is 5.45. The lowest BCUT2D eigenvalue weighted by atomic mass is 10.2. The standard InChI is InChI=1S/C10H18ClNO2/c1-6-4-5-9(14-6)10(13)12-8(3)7(2)11/h6-9H,4-5H2,1-3H3,(H,12,13). The number of carbonyl (C=O) groups is 1. The van der Waals surface area contributed by atoms with Crippen LogP contribution in [0.1, 0.15) is 33.6 Å². The van der Waals surface area contributed by atoms with Crippen LogP contribution in [0.15, 0.2) is 0 Å². The van der Waals surface area contributed by atoms with Crippen LogP contribution in [-0.2, 0) is 9.53 Å². The van der Waals surface area contributed by atoms with E-state index in [1.165, 1.54) is 0 Å². The summed E-state index contributed by atoms with van der Waals surface area (Å²) in [6.45, 7) is 5.75. The summed E-state index contributed by atoms with van der Waals surface area (Å²) in [5, 5.41) is 2.79. The maximum absolute atomic E-state index is 11.6. The Labute approximate surface area is 90.1 Å². The van der Waals surface area contributed by atoms with Gasteiger partial charge < -0.3 is 10.1 Å². The summed E-state index contributed by atoms with van der Waals surface area (Å²) in [4.78, 5) is 11.6. The molecule has 14 heavy (non-hydrogen) atoms. The first kappa shape index (κ1) is 11.8. The Morgan fingerprint density at radius 3 is 2.57 bits per heavy atom. The zero-order valence-electron chi connectivity index (χ0n) is 8.92. The van der Waals surface area contributed by atoms with Crippen molar-refractivity contribution in [2.75, 3.05) is 0 Å². The van der Waals surface area contributed by atoms with E-state index in [1.807, 2.05) is 20.8 Å². The van der Waals surface area contributed by atoms with Gasteiger partial charge in [-0.25, -0.2) is 0 Å². The van der Waals surface area contributed by atoms with Crippen LogP contribution in [0.2, 0.25) is 0 Å². The third kappa shape index (κ3) is 3.14. The van der Waals surface area contributed by atoms with Gasteiger partial charge in [-0.1, -0.05) is 0 Å². The minimum Gasteiger partial charge on any atom is -0.365 e. The molecule has 0 aliphatic carbocycles. The molecule has 1 heterocycles. The summed E-state index contributed by atoms with van der Waals surface area (Å²) in [5.74, 6) is -0.0330. The third-order valence-electron chi connectivity index (χ3n) is 2.58. The molecule has 4 heteroatoms. The Morgan fingerprint density at radius 2 is 2.14 bits per heavy atom. The molecule has 0 aromatic carbocycles. The molecule has 0 aromatic rings. The minimum absolute atomic E-state index is 0.0105. The number of hydrogen-bond donors (Lipinski definition) is 1. The van der Waals surface area contributed by atoms with E-state index in [-0.39, 0.29) is 29.5 Å². The number of halogens is 1. The van der Waals surface area contributed by atoms with Gasteiger partial charge in [-0.05, 0) is 33.6 Å². The van der Waals surface area contributed by atoms with E-state index in [0.717, 1.165) is 12.8 Å². The number of rotatable bonds is 3. The highest BCUT2D eigenvalue weighted by molar-refractivity contribution is 6.20. The zero-order chi connectivity index (χ0) is 10.7. The fraction of sp³-hybridized carbons (Fsp3) is 0.900. The van der Waals surface area contributed by atoms with Crippen molar-refractivity contribution in [3.8, 4) is 0 Å². The van der Waals surface area contributed by atoms with Crippen molar-refractivity contribution in [2.45, 2.75) is 57.2 Å². The number of ether oxygens (including phenoxy) is 1. The van der Waals surface area contributed by atoms with Crippen molar-refractivity contribution in [3.63, 3.8) is 0 Å². The topological polar surface area (TPSA) is 38.3 Å². The highest BCUT2D eigenvalue weighted by Crippen LogP contribution is 2.19. The quantitative estimate of drug-likeness (QED) is 0.734. The van der Waals surface area contributed by atoms with E-state index in [9.17, 15) is 4.79 Å². The predicted octanol–water partition coefficient (Wildman–Crippen LogP) is 1.69. The van der Waals surface area contributed by atoms with Crippen LogP contribution in [0, 0.1) is 0 Å². The van der Waals surface area contributed by atoms with Crippen molar-refractivity contribution in [2.24, 2.45) is 0 Å². The molecule has 0 spiro atoms. The molecule has 3 nitrogen and oxygen atoms in total. The summed E-state index contributed by atoms with van der Waals surface area (Å²) >= 11 is 5.85. The maximum Gasteiger partial charge on any atom is 0.249 e. The fourth-order valence-corrected chi connectivity index (χ4v) is 1.49. The number of hydrogen-bond acceptors (Lipinski definition) is 2. The highest BCUT2D eigenvalue weighted by atomic mass is 35.5. The SMILES string of the molecule is CC1CCC(C(=O)NC(C)C(C)Cl)O1. The van der Waals surface area contributed by atoms with Crippen molar-refractivity contribution in [1.82, 2.24) is 5.32 Å². The molecule has 1 rings (SSSR count). The largest absolute Gasteiger partial charge is 0.365 e. The molecule has 4 unspecified atom stereocenters. The van der Waals surface area contributed by atoms with Gasteiger partial charge in [0, 0.05) is 6.04 Å². The molecule has 1 N–H and O–H groups in total. The number of alkyl halides is 1. The predicted molar refractivity (Wildman–Crippen MR) is 56.5 cm³/mol. The second-order valence-corrected chi connectivity index (χ2v) is 4.68. The number of amides is 1. The summed E-state index contributed by atoms with van der Waals surface area (Å²) in [6.07, 6.45) is 1.71. The lowest BCUT2D eigenvalue weighted by Gasteiger charge is -2.18. The summed E-state index contributed by atoms with van der Waals surface area (Å²) in [6, 6.07) is -0.0105. The van der Waals surface area contributed by atoms with Gasteiger partial charge in [0.15, 0.2) is 0 Å². The lowest BCUT2D eigenvalue weighted by molar-refractivity contribution is -0.132. The molecule has 1 fully saturated rings. The van der Waals surface area contributed by atoms with Gasteiger partial charge in [0.25, 0.3) is 0 Å². The normalized spacial score (nSPS) is 31.1. The Kier molecular flexibility index (Phi) is 4.20. The first-order valence-corrected chi connectivity index (χ1v) is 5.54. The molecule has 4 atom stereocenters. The Bertz CT molecular complexity index is 208. The Morgan fingerprint density at radius 1 is 1.50 bits per heavy atom. The van der Waals surface area contributed by atoms with E-state index in [0.29, 0.717) is 0 Å². The van der Waals surface area contributed by atoms with Gasteiger partial charge >= 0.3 is 0 Å². The van der Waals surface area contributed by atoms with Crippen molar-refractivity contribution in [1.29, 1.82) is 0 Å². The van der Waals surface area contributed by atoms with Crippen LogP contribution in [0.4, 0.5) is 0 Å². The van der Waals surface area contributed by atoms with Gasteiger partial charge in [-0.15, -0.1) is 11.6 Å². The molecule has 0 bridgehead atoms. The molecular weight excluding hydrogens is 202 g/mol. The van der Waals surface area contributed by atoms with Gasteiger partial charge in [-0.2, -0.15) is 0 Å². The second kappa shape index (κ2) is 4.99. The van der Waals surface area contributed by atoms with Crippen LogP contribution >= 0.6 is 11.6 Å². The smallest absolute Gasteiger partial charge is 0.249 e. The van der Waals surface area contributed by atoms with Crippen LogP contribution < -0.4 is 5.32 Å². The van der Waals surface area contributed by atoms with Gasteiger partial charge in [0.1, 0.15) is 6.10 Å². The lowest BCUT2D eigenvalue weighted by Crippen LogP contribution is -2.43. The van der Waals surface area contributed by atoms with E-state index < -0.39 is 0 Å². The van der Waals surface area contributed by atoms with Gasteiger partial charge in [-0.3, -0.25) is 4.79 Å². The van der Waals surface area contributed by atoms with Crippen molar-refractivity contribution in [3.05, 3.63) is 0 Å². The highest BCUT2D eigenvalue weighted by Gasteiger charge is 2.29. The summed E-state index contributed by atoms with van der Waals surface area (Å²) in [7, 11) is 0. The Hall–Kier alpha value is -0.280. The first-order chi connectivity index (χ1) is 6.50. The van der Waals surface area contributed by atoms with Gasteiger partial charge in [0.2, 0.25) is 5.91 Å². The minimum atomic E-state index is -0.275. The van der Waals surface area contributed by atoms with Crippen molar-refractivity contribution >= 4 is 17.5 Å². The molecular formula is C10H18ClNO2. The van der Waals surface area contributed by atoms with Crippen LogP contribution in [0.3, 0.4) is 0 Å². The molecule has 0 radical (unpaired) electrons. The fourth-order valence-electron chi connectivity index (χ4n) is 1.43. The molecule has 1 saturated heterocycles. The third-order valence-corrected chi connectivity index (χ3v) is 2.96. The first-order valence-electron chi connectivity index (χ1n) is 5.10. The van der Waals surface area contributed by atoms with Crippen LogP contribution in [-0.4, -0.2) is 29.5 Å². The number of carbonyl (C=O) groups excluding carboxylic acids is 1. The molecule has 1 aliphatic rings. The van der Waals surface area contributed by atoms with E-state index in [1.54, 1.807) is 0 Å². The second-order valence-electron chi connectivity index (χ2n) is 3.99. The van der Waals surface area contributed by atoms with Gasteiger partial charge in [0.05, 0.1) is 11.5 Å². The van der Waals surface area contributed by atoms with Crippen LogP contribution in [0.5, 0.6) is 0 Å². The maximum atomic E-state index is 11.6. The van der Waals surface area contributed by atoms with E-state index >= 15 is 0 Å². The number of nitrogens with one attached hydrogen (secondary N) is 1. The molecule has 82 valence electrons. The average Bonchev–Trinajstić information content (AvgIpc) is 2.51. The molecule has 0 saturated carbocycles. The average molecular weight is 220 g/mol.